The molecular formula is C20H36N8O2. The molecule has 10 heteroatoms. The largest absolute Gasteiger partial charge is 0.382 e. The van der Waals surface area contributed by atoms with Gasteiger partial charge in [-0.15, -0.1) is 10.2 Å². The number of aryl methyl sites for hydroxylation is 1. The summed E-state index contributed by atoms with van der Waals surface area (Å²) in [4.78, 5) is 21.4. The second-order valence-corrected chi connectivity index (χ2v) is 7.94. The van der Waals surface area contributed by atoms with Crippen molar-refractivity contribution in [3.05, 3.63) is 11.6 Å². The van der Waals surface area contributed by atoms with Crippen LogP contribution in [0.5, 0.6) is 0 Å². The molecule has 1 aliphatic carbocycles. The Morgan fingerprint density at radius 1 is 1.23 bits per heavy atom. The van der Waals surface area contributed by atoms with Crippen LogP contribution in [-0.4, -0.2) is 95.0 Å². The molecule has 30 heavy (non-hydrogen) atoms. The number of hydrogen-bond acceptors (Lipinski definition) is 6. The Hall–Kier alpha value is -2.20. The molecule has 10 nitrogen and oxygen atoms in total. The van der Waals surface area contributed by atoms with E-state index >= 15 is 0 Å². The van der Waals surface area contributed by atoms with Gasteiger partial charge in [0.05, 0.1) is 6.54 Å². The van der Waals surface area contributed by atoms with Gasteiger partial charge in [0.1, 0.15) is 12.4 Å². The second kappa shape index (κ2) is 11.3. The van der Waals surface area contributed by atoms with Crippen molar-refractivity contribution in [2.75, 3.05) is 52.5 Å². The van der Waals surface area contributed by atoms with E-state index in [9.17, 15) is 4.79 Å². The zero-order chi connectivity index (χ0) is 21.3. The topological polar surface area (TPSA) is 99.9 Å². The highest BCUT2D eigenvalue weighted by Gasteiger charge is 2.26. The average Bonchev–Trinajstić information content (AvgIpc) is 3.49. The highest BCUT2D eigenvalue weighted by Crippen LogP contribution is 2.18. The lowest BCUT2D eigenvalue weighted by Gasteiger charge is -2.36. The lowest BCUT2D eigenvalue weighted by Crippen LogP contribution is -2.54. The molecule has 2 N–H and O–H groups in total. The molecule has 0 radical (unpaired) electrons. The molecule has 3 rings (SSSR count). The van der Waals surface area contributed by atoms with Crippen molar-refractivity contribution in [2.45, 2.75) is 45.7 Å². The number of rotatable bonds is 10. The van der Waals surface area contributed by atoms with E-state index in [0.717, 1.165) is 82.8 Å². The van der Waals surface area contributed by atoms with E-state index in [0.29, 0.717) is 19.1 Å². The molecule has 2 heterocycles. The fraction of sp³-hybridized carbons (Fsp3) is 0.800. The van der Waals surface area contributed by atoms with E-state index in [2.05, 4.69) is 30.6 Å². The third-order valence-corrected chi connectivity index (χ3v) is 5.49. The molecule has 1 amide bonds. The van der Waals surface area contributed by atoms with E-state index in [-0.39, 0.29) is 5.91 Å². The lowest BCUT2D eigenvalue weighted by molar-refractivity contribution is -0.122. The number of guanidine groups is 1. The summed E-state index contributed by atoms with van der Waals surface area (Å²) < 4.78 is 7.40. The summed E-state index contributed by atoms with van der Waals surface area (Å²) in [7, 11) is 1.96. The summed E-state index contributed by atoms with van der Waals surface area (Å²) in [5.41, 5.74) is 0. The average molecular weight is 421 g/mol. The van der Waals surface area contributed by atoms with Gasteiger partial charge in [0, 0.05) is 59.0 Å². The van der Waals surface area contributed by atoms with Crippen LogP contribution in [0.15, 0.2) is 4.99 Å². The smallest absolute Gasteiger partial charge is 0.234 e. The molecular weight excluding hydrogens is 384 g/mol. The van der Waals surface area contributed by atoms with Gasteiger partial charge in [-0.3, -0.25) is 9.69 Å². The maximum Gasteiger partial charge on any atom is 0.234 e. The number of amides is 1. The van der Waals surface area contributed by atoms with E-state index in [1.807, 2.05) is 25.5 Å². The molecule has 0 atom stereocenters. The van der Waals surface area contributed by atoms with Crippen LogP contribution >= 0.6 is 0 Å². The molecule has 1 saturated heterocycles. The number of piperazine rings is 1. The van der Waals surface area contributed by atoms with E-state index < -0.39 is 0 Å². The van der Waals surface area contributed by atoms with E-state index in [4.69, 9.17) is 9.73 Å². The Morgan fingerprint density at radius 3 is 2.63 bits per heavy atom. The number of carbonyl (C=O) groups excluding carboxylic acids is 1. The SMILES string of the molecule is CCOCCCNC(=NCc1nnc(C)n1C)N1CCN(CC(=O)NC2CC2)CC1. The van der Waals surface area contributed by atoms with E-state index in [1.165, 1.54) is 0 Å². The third-order valence-electron chi connectivity index (χ3n) is 5.49. The first-order chi connectivity index (χ1) is 14.6. The first-order valence-corrected chi connectivity index (χ1v) is 11.0. The van der Waals surface area contributed by atoms with Crippen molar-refractivity contribution in [3.8, 4) is 0 Å². The zero-order valence-corrected chi connectivity index (χ0v) is 18.6. The summed E-state index contributed by atoms with van der Waals surface area (Å²) in [5.74, 6) is 2.75. The van der Waals surface area contributed by atoms with Crippen molar-refractivity contribution in [1.29, 1.82) is 0 Å². The second-order valence-electron chi connectivity index (χ2n) is 7.94. The number of nitrogens with zero attached hydrogens (tertiary/aromatic N) is 6. The quantitative estimate of drug-likeness (QED) is 0.310. The number of aliphatic imine (C=N–C) groups is 1. The van der Waals surface area contributed by atoms with Crippen molar-refractivity contribution in [2.24, 2.45) is 12.0 Å². The molecule has 1 aliphatic heterocycles. The first kappa shape index (κ1) is 22.5. The fourth-order valence-electron chi connectivity index (χ4n) is 3.34. The Balaban J connectivity index is 1.52. The number of aromatic nitrogens is 3. The van der Waals surface area contributed by atoms with Gasteiger partial charge in [0.25, 0.3) is 0 Å². The first-order valence-electron chi connectivity index (χ1n) is 11.0. The third kappa shape index (κ3) is 6.94. The van der Waals surface area contributed by atoms with E-state index in [1.54, 1.807) is 0 Å². The molecule has 1 aromatic rings. The van der Waals surface area contributed by atoms with Gasteiger partial charge in [-0.05, 0) is 33.1 Å². The minimum atomic E-state index is 0.145. The van der Waals surface area contributed by atoms with Gasteiger partial charge in [0.15, 0.2) is 11.8 Å². The van der Waals surface area contributed by atoms with Crippen LogP contribution in [0, 0.1) is 6.92 Å². The summed E-state index contributed by atoms with van der Waals surface area (Å²) in [6.07, 6.45) is 3.18. The number of carbonyl (C=O) groups is 1. The minimum Gasteiger partial charge on any atom is -0.382 e. The predicted molar refractivity (Wildman–Crippen MR) is 115 cm³/mol. The van der Waals surface area contributed by atoms with Crippen LogP contribution in [0.2, 0.25) is 0 Å². The van der Waals surface area contributed by atoms with Crippen LogP contribution in [0.25, 0.3) is 0 Å². The minimum absolute atomic E-state index is 0.145. The van der Waals surface area contributed by atoms with Gasteiger partial charge in [-0.1, -0.05) is 0 Å². The Morgan fingerprint density at radius 2 is 2.00 bits per heavy atom. The number of hydrogen-bond donors (Lipinski definition) is 2. The van der Waals surface area contributed by atoms with Crippen LogP contribution in [0.4, 0.5) is 0 Å². The van der Waals surface area contributed by atoms with Gasteiger partial charge in [-0.2, -0.15) is 0 Å². The van der Waals surface area contributed by atoms with Gasteiger partial charge in [0.2, 0.25) is 5.91 Å². The number of nitrogens with one attached hydrogen (secondary N) is 2. The summed E-state index contributed by atoms with van der Waals surface area (Å²) in [6, 6.07) is 0.419. The molecule has 0 bridgehead atoms. The normalized spacial score (nSPS) is 18.0. The molecule has 1 aromatic heterocycles. The monoisotopic (exact) mass is 420 g/mol. The fourth-order valence-corrected chi connectivity index (χ4v) is 3.34. The van der Waals surface area contributed by atoms with Crippen molar-refractivity contribution >= 4 is 11.9 Å². The number of ether oxygens (including phenoxy) is 1. The maximum absolute atomic E-state index is 12.1. The Kier molecular flexibility index (Phi) is 8.44. The van der Waals surface area contributed by atoms with Crippen molar-refractivity contribution < 1.29 is 9.53 Å². The highest BCUT2D eigenvalue weighted by atomic mass is 16.5. The molecule has 0 aromatic carbocycles. The molecule has 2 fully saturated rings. The van der Waals surface area contributed by atoms with Gasteiger partial charge < -0.3 is 24.8 Å². The summed E-state index contributed by atoms with van der Waals surface area (Å²) in [6.45, 7) is 10.6. The standard InChI is InChI=1S/C20H36N8O2/c1-4-30-13-5-8-21-20(22-14-18-25-24-16(2)26(18)3)28-11-9-27(10-12-28)15-19(29)23-17-6-7-17/h17H,4-15H2,1-3H3,(H,21,22)(H,23,29). The molecule has 0 spiro atoms. The molecule has 1 saturated carbocycles. The van der Waals surface area contributed by atoms with Gasteiger partial charge in [-0.25, -0.2) is 4.99 Å². The molecule has 168 valence electrons. The van der Waals surface area contributed by atoms with Crippen molar-refractivity contribution in [3.63, 3.8) is 0 Å². The Labute approximate surface area is 179 Å². The molecule has 0 unspecified atom stereocenters. The zero-order valence-electron chi connectivity index (χ0n) is 18.6. The van der Waals surface area contributed by atoms with Crippen molar-refractivity contribution in [1.82, 2.24) is 35.2 Å². The van der Waals surface area contributed by atoms with Gasteiger partial charge >= 0.3 is 0 Å². The maximum atomic E-state index is 12.1. The molecule has 2 aliphatic rings. The summed E-state index contributed by atoms with van der Waals surface area (Å²) in [5, 5.41) is 14.9. The summed E-state index contributed by atoms with van der Waals surface area (Å²) >= 11 is 0. The lowest BCUT2D eigenvalue weighted by atomic mass is 10.3. The Bertz CT molecular complexity index is 708. The predicted octanol–water partition coefficient (Wildman–Crippen LogP) is -0.108. The van der Waals surface area contributed by atoms with Crippen LogP contribution in [0.1, 0.15) is 37.8 Å². The van der Waals surface area contributed by atoms with Crippen LogP contribution in [0.3, 0.4) is 0 Å². The highest BCUT2D eigenvalue weighted by molar-refractivity contribution is 5.80. The van der Waals surface area contributed by atoms with Crippen LogP contribution in [-0.2, 0) is 23.1 Å². The van der Waals surface area contributed by atoms with Crippen LogP contribution < -0.4 is 10.6 Å².